The van der Waals surface area contributed by atoms with Gasteiger partial charge in [0.25, 0.3) is 0 Å². The summed E-state index contributed by atoms with van der Waals surface area (Å²) in [7, 11) is 0. The topological polar surface area (TPSA) is 161 Å². The van der Waals surface area contributed by atoms with Crippen molar-refractivity contribution in [1.82, 2.24) is 0 Å². The molecule has 0 aromatic heterocycles. The predicted octanol–water partition coefficient (Wildman–Crippen LogP) is 2.13. The Morgan fingerprint density at radius 3 is 1.32 bits per heavy atom. The Bertz CT molecular complexity index is 876. The molecular weight excluding hydrogens is 448 g/mol. The number of hydrogen-bond donors (Lipinski definition) is 2. The SMILES string of the molecule is O=CC1CC(C(=O)Oc2ccc(OC(=O)C3CCC(C(=O)O)C(C=O)C3)cc2)CCC1C(=O)O. The van der Waals surface area contributed by atoms with Gasteiger partial charge in [-0.1, -0.05) is 0 Å². The average Bonchev–Trinajstić information content (AvgIpc) is 2.84. The van der Waals surface area contributed by atoms with Crippen molar-refractivity contribution in [2.45, 2.75) is 38.5 Å². The molecule has 2 aliphatic carbocycles. The lowest BCUT2D eigenvalue weighted by atomic mass is 9.74. The molecule has 0 aliphatic heterocycles. The summed E-state index contributed by atoms with van der Waals surface area (Å²) in [6, 6.07) is 5.76. The number of carboxylic acids is 2. The molecule has 1 aromatic rings. The van der Waals surface area contributed by atoms with Crippen molar-refractivity contribution in [3.8, 4) is 11.5 Å². The van der Waals surface area contributed by atoms with E-state index in [0.29, 0.717) is 25.4 Å². The van der Waals surface area contributed by atoms with E-state index in [-0.39, 0.29) is 37.2 Å². The first kappa shape index (κ1) is 25.1. The molecule has 0 radical (unpaired) electrons. The number of carboxylic acid groups (broad SMARTS) is 2. The molecule has 10 nitrogen and oxygen atoms in total. The van der Waals surface area contributed by atoms with Gasteiger partial charge in [-0.2, -0.15) is 0 Å². The second-order valence-corrected chi connectivity index (χ2v) is 8.82. The Morgan fingerprint density at radius 1 is 0.676 bits per heavy atom. The summed E-state index contributed by atoms with van der Waals surface area (Å²) in [5.41, 5.74) is 0. The quantitative estimate of drug-likeness (QED) is 0.324. The number of esters is 2. The van der Waals surface area contributed by atoms with Crippen LogP contribution in [0.1, 0.15) is 38.5 Å². The fourth-order valence-electron chi connectivity index (χ4n) is 4.73. The van der Waals surface area contributed by atoms with Gasteiger partial charge >= 0.3 is 23.9 Å². The molecule has 0 saturated heterocycles. The van der Waals surface area contributed by atoms with Crippen LogP contribution in [-0.2, 0) is 28.8 Å². The zero-order valence-corrected chi connectivity index (χ0v) is 18.3. The molecule has 6 atom stereocenters. The molecule has 182 valence electrons. The van der Waals surface area contributed by atoms with Gasteiger partial charge in [0.15, 0.2) is 0 Å². The smallest absolute Gasteiger partial charge is 0.314 e. The summed E-state index contributed by atoms with van der Waals surface area (Å²) in [6.45, 7) is 0. The molecule has 3 rings (SSSR count). The Morgan fingerprint density at radius 2 is 1.03 bits per heavy atom. The molecule has 1 aromatic carbocycles. The fraction of sp³-hybridized carbons (Fsp3) is 0.500. The Labute approximate surface area is 195 Å². The van der Waals surface area contributed by atoms with Crippen LogP contribution in [0.3, 0.4) is 0 Å². The predicted molar refractivity (Wildman–Crippen MR) is 114 cm³/mol. The molecule has 10 heteroatoms. The van der Waals surface area contributed by atoms with Crippen LogP contribution in [0.15, 0.2) is 24.3 Å². The third-order valence-corrected chi connectivity index (χ3v) is 6.71. The number of benzene rings is 1. The second kappa shape index (κ2) is 11.0. The third kappa shape index (κ3) is 5.86. The molecule has 0 bridgehead atoms. The monoisotopic (exact) mass is 474 g/mol. The first-order valence-corrected chi connectivity index (χ1v) is 11.1. The van der Waals surface area contributed by atoms with Gasteiger partial charge in [0, 0.05) is 11.8 Å². The van der Waals surface area contributed by atoms with Gasteiger partial charge in [0.1, 0.15) is 24.1 Å². The normalized spacial score (nSPS) is 28.8. The van der Waals surface area contributed by atoms with Crippen LogP contribution >= 0.6 is 0 Å². The standard InChI is InChI=1S/C24H26O10/c25-11-15-9-13(1-7-19(15)21(27)28)23(31)33-17-3-5-18(6-4-17)34-24(32)14-2-8-20(22(29)30)16(10-14)12-26/h3-6,11-16,19-20H,1-2,7-10H2,(H,27,28)(H,29,30). The molecule has 34 heavy (non-hydrogen) atoms. The van der Waals surface area contributed by atoms with Crippen molar-refractivity contribution in [3.05, 3.63) is 24.3 Å². The second-order valence-electron chi connectivity index (χ2n) is 8.82. The molecule has 0 heterocycles. The summed E-state index contributed by atoms with van der Waals surface area (Å²) >= 11 is 0. The van der Waals surface area contributed by atoms with Crippen LogP contribution in [0.25, 0.3) is 0 Å². The zero-order valence-electron chi connectivity index (χ0n) is 18.3. The van der Waals surface area contributed by atoms with Gasteiger partial charge in [0.2, 0.25) is 0 Å². The minimum absolute atomic E-state index is 0.112. The lowest BCUT2D eigenvalue weighted by molar-refractivity contribution is -0.150. The minimum atomic E-state index is -1.05. The van der Waals surface area contributed by atoms with E-state index in [2.05, 4.69) is 0 Å². The number of ether oxygens (including phenoxy) is 2. The van der Waals surface area contributed by atoms with Gasteiger partial charge < -0.3 is 29.3 Å². The summed E-state index contributed by atoms with van der Waals surface area (Å²) in [4.78, 5) is 69.8. The highest BCUT2D eigenvalue weighted by Gasteiger charge is 2.39. The number of aliphatic carboxylic acids is 2. The number of carbonyl (C=O) groups is 6. The molecular formula is C24H26O10. The highest BCUT2D eigenvalue weighted by Crippen LogP contribution is 2.35. The Hall–Kier alpha value is -3.56. The van der Waals surface area contributed by atoms with E-state index in [0.717, 1.165) is 0 Å². The largest absolute Gasteiger partial charge is 0.481 e. The number of aldehydes is 2. The van der Waals surface area contributed by atoms with E-state index in [4.69, 9.17) is 9.47 Å². The first-order chi connectivity index (χ1) is 16.2. The van der Waals surface area contributed by atoms with Crippen molar-refractivity contribution < 1.29 is 48.5 Å². The zero-order chi connectivity index (χ0) is 24.8. The maximum absolute atomic E-state index is 12.5. The highest BCUT2D eigenvalue weighted by molar-refractivity contribution is 5.80. The van der Waals surface area contributed by atoms with Crippen molar-refractivity contribution in [1.29, 1.82) is 0 Å². The first-order valence-electron chi connectivity index (χ1n) is 11.1. The molecule has 2 aliphatic rings. The van der Waals surface area contributed by atoms with Crippen molar-refractivity contribution in [3.63, 3.8) is 0 Å². The van der Waals surface area contributed by atoms with Crippen molar-refractivity contribution >= 4 is 36.4 Å². The van der Waals surface area contributed by atoms with E-state index in [1.165, 1.54) is 24.3 Å². The number of carbonyl (C=O) groups excluding carboxylic acids is 4. The third-order valence-electron chi connectivity index (χ3n) is 6.71. The lowest BCUT2D eigenvalue weighted by Gasteiger charge is -2.29. The Kier molecular flexibility index (Phi) is 8.14. The van der Waals surface area contributed by atoms with E-state index < -0.39 is 59.4 Å². The van der Waals surface area contributed by atoms with Crippen LogP contribution in [0.2, 0.25) is 0 Å². The molecule has 6 unspecified atom stereocenters. The van der Waals surface area contributed by atoms with Gasteiger partial charge in [-0.15, -0.1) is 0 Å². The Balaban J connectivity index is 1.53. The van der Waals surface area contributed by atoms with E-state index in [1.807, 2.05) is 0 Å². The number of rotatable bonds is 8. The van der Waals surface area contributed by atoms with E-state index in [1.54, 1.807) is 0 Å². The van der Waals surface area contributed by atoms with Gasteiger partial charge in [-0.3, -0.25) is 19.2 Å². The summed E-state index contributed by atoms with van der Waals surface area (Å²) in [5.74, 6) is -7.06. The van der Waals surface area contributed by atoms with Crippen LogP contribution in [-0.4, -0.2) is 46.7 Å². The highest BCUT2D eigenvalue weighted by atomic mass is 16.5. The summed E-state index contributed by atoms with van der Waals surface area (Å²) in [6.07, 6.45) is 2.42. The summed E-state index contributed by atoms with van der Waals surface area (Å²) < 4.78 is 10.7. The minimum Gasteiger partial charge on any atom is -0.481 e. The molecule has 2 N–H and O–H groups in total. The van der Waals surface area contributed by atoms with Gasteiger partial charge in [-0.05, 0) is 62.8 Å². The maximum atomic E-state index is 12.5. The molecule has 0 spiro atoms. The summed E-state index contributed by atoms with van der Waals surface area (Å²) in [5, 5.41) is 18.4. The van der Waals surface area contributed by atoms with E-state index >= 15 is 0 Å². The van der Waals surface area contributed by atoms with Crippen molar-refractivity contribution in [2.75, 3.05) is 0 Å². The maximum Gasteiger partial charge on any atom is 0.314 e. The van der Waals surface area contributed by atoms with E-state index in [9.17, 15) is 39.0 Å². The van der Waals surface area contributed by atoms with Gasteiger partial charge in [-0.25, -0.2) is 0 Å². The van der Waals surface area contributed by atoms with Crippen LogP contribution < -0.4 is 9.47 Å². The number of hydrogen-bond acceptors (Lipinski definition) is 8. The fourth-order valence-corrected chi connectivity index (χ4v) is 4.73. The van der Waals surface area contributed by atoms with Gasteiger partial charge in [0.05, 0.1) is 23.7 Å². The molecule has 2 saturated carbocycles. The lowest BCUT2D eigenvalue weighted by Crippen LogP contribution is -2.35. The van der Waals surface area contributed by atoms with Crippen molar-refractivity contribution in [2.24, 2.45) is 35.5 Å². The van der Waals surface area contributed by atoms with Crippen LogP contribution in [0, 0.1) is 35.5 Å². The van der Waals surface area contributed by atoms with Crippen LogP contribution in [0.4, 0.5) is 0 Å². The molecule has 2 fully saturated rings. The average molecular weight is 474 g/mol. The van der Waals surface area contributed by atoms with Crippen LogP contribution in [0.5, 0.6) is 11.5 Å². The molecule has 0 amide bonds.